The smallest absolute Gasteiger partial charge is 0.312 e. The van der Waals surface area contributed by atoms with Gasteiger partial charge in [-0.05, 0) is 24.0 Å². The summed E-state index contributed by atoms with van der Waals surface area (Å²) in [7, 11) is 2.01. The number of carbonyl (C=O) groups is 1. The maximum Gasteiger partial charge on any atom is 0.312 e. The fraction of sp³-hybridized carbons (Fsp3) is 0.471. The summed E-state index contributed by atoms with van der Waals surface area (Å²) < 4.78 is 2.08. The molecule has 2 aromatic rings. The first-order valence-corrected chi connectivity index (χ1v) is 8.04. The third-order valence-corrected chi connectivity index (χ3v) is 4.87. The lowest BCUT2D eigenvalue weighted by molar-refractivity contribution is -0.139. The molecule has 1 unspecified atom stereocenters. The molecule has 2 aliphatic rings. The van der Waals surface area contributed by atoms with Gasteiger partial charge < -0.3 is 9.67 Å². The molecular formula is C17H20N4O2. The van der Waals surface area contributed by atoms with Crippen molar-refractivity contribution < 1.29 is 9.90 Å². The molecule has 4 rings (SSSR count). The molecule has 0 amide bonds. The van der Waals surface area contributed by atoms with Gasteiger partial charge in [-0.25, -0.2) is 0 Å². The van der Waals surface area contributed by atoms with Crippen molar-refractivity contribution in [2.24, 2.45) is 7.05 Å². The molecule has 1 aliphatic carbocycles. The molecule has 0 saturated heterocycles. The van der Waals surface area contributed by atoms with Gasteiger partial charge in [0.2, 0.25) is 0 Å². The monoisotopic (exact) mass is 312 g/mol. The van der Waals surface area contributed by atoms with E-state index < -0.39 is 11.9 Å². The van der Waals surface area contributed by atoms with Crippen molar-refractivity contribution >= 4 is 5.97 Å². The van der Waals surface area contributed by atoms with Crippen molar-refractivity contribution in [2.75, 3.05) is 6.54 Å². The van der Waals surface area contributed by atoms with Gasteiger partial charge >= 0.3 is 5.97 Å². The number of aromatic nitrogens is 3. The van der Waals surface area contributed by atoms with Crippen LogP contribution in [0, 0.1) is 0 Å². The Bertz CT molecular complexity index is 751. The van der Waals surface area contributed by atoms with E-state index in [9.17, 15) is 9.90 Å². The van der Waals surface area contributed by atoms with Gasteiger partial charge in [0.05, 0.1) is 12.5 Å². The Balaban J connectivity index is 1.57. The van der Waals surface area contributed by atoms with E-state index in [1.807, 2.05) is 31.3 Å². The number of hydrogen-bond acceptors (Lipinski definition) is 4. The molecule has 1 aliphatic heterocycles. The van der Waals surface area contributed by atoms with Gasteiger partial charge in [0.15, 0.2) is 0 Å². The zero-order chi connectivity index (χ0) is 16.0. The summed E-state index contributed by atoms with van der Waals surface area (Å²) >= 11 is 0. The molecule has 1 aromatic heterocycles. The van der Waals surface area contributed by atoms with Crippen LogP contribution in [-0.4, -0.2) is 37.3 Å². The van der Waals surface area contributed by atoms with Crippen LogP contribution in [0.25, 0.3) is 0 Å². The van der Waals surface area contributed by atoms with Gasteiger partial charge in [0, 0.05) is 26.1 Å². The Morgan fingerprint density at radius 2 is 2.09 bits per heavy atom. The molecule has 0 radical (unpaired) electrons. The molecule has 2 heterocycles. The number of fused-ring (bicyclic) bond motifs is 1. The van der Waals surface area contributed by atoms with Gasteiger partial charge in [0.1, 0.15) is 11.6 Å². The highest BCUT2D eigenvalue weighted by molar-refractivity contribution is 5.77. The molecule has 0 spiro atoms. The number of nitrogens with zero attached hydrogens (tertiary/aromatic N) is 4. The molecule has 23 heavy (non-hydrogen) atoms. The third kappa shape index (κ3) is 2.63. The number of carboxylic acid groups (broad SMARTS) is 1. The minimum absolute atomic E-state index is 0.476. The molecular weight excluding hydrogens is 292 g/mol. The normalized spacial score (nSPS) is 21.2. The van der Waals surface area contributed by atoms with Crippen molar-refractivity contribution in [3.05, 3.63) is 47.0 Å². The molecule has 6 heteroatoms. The summed E-state index contributed by atoms with van der Waals surface area (Å²) in [6.07, 6.45) is 2.40. The van der Waals surface area contributed by atoms with Crippen molar-refractivity contribution in [3.63, 3.8) is 0 Å². The lowest BCUT2D eigenvalue weighted by Gasteiger charge is -2.32. The van der Waals surface area contributed by atoms with E-state index in [0.29, 0.717) is 19.0 Å². The van der Waals surface area contributed by atoms with E-state index in [-0.39, 0.29) is 0 Å². The molecule has 0 bridgehead atoms. The Hall–Kier alpha value is -2.21. The average Bonchev–Trinajstić information content (AvgIpc) is 3.32. The highest BCUT2D eigenvalue weighted by atomic mass is 16.4. The van der Waals surface area contributed by atoms with Crippen molar-refractivity contribution in [2.45, 2.75) is 37.8 Å². The van der Waals surface area contributed by atoms with Crippen LogP contribution < -0.4 is 0 Å². The summed E-state index contributed by atoms with van der Waals surface area (Å²) in [5.74, 6) is 1.30. The summed E-state index contributed by atoms with van der Waals surface area (Å²) in [4.78, 5) is 13.8. The van der Waals surface area contributed by atoms with Crippen molar-refractivity contribution in [1.82, 2.24) is 19.7 Å². The maximum atomic E-state index is 11.6. The average molecular weight is 312 g/mol. The maximum absolute atomic E-state index is 11.6. The van der Waals surface area contributed by atoms with Gasteiger partial charge in [-0.3, -0.25) is 9.69 Å². The SMILES string of the molecule is Cn1c(CN2Cc3ccccc3C(C(=O)O)C2)nnc1C1CC1. The van der Waals surface area contributed by atoms with Gasteiger partial charge in [-0.15, -0.1) is 10.2 Å². The summed E-state index contributed by atoms with van der Waals surface area (Å²) in [5.41, 5.74) is 2.03. The third-order valence-electron chi connectivity index (χ3n) is 4.87. The predicted molar refractivity (Wildman–Crippen MR) is 83.9 cm³/mol. The molecule has 1 atom stereocenters. The van der Waals surface area contributed by atoms with Crippen LogP contribution in [0.15, 0.2) is 24.3 Å². The second-order valence-electron chi connectivity index (χ2n) is 6.57. The predicted octanol–water partition coefficient (Wildman–Crippen LogP) is 1.88. The number of hydrogen-bond donors (Lipinski definition) is 1. The Morgan fingerprint density at radius 3 is 2.83 bits per heavy atom. The zero-order valence-corrected chi connectivity index (χ0v) is 13.1. The van der Waals surface area contributed by atoms with E-state index in [4.69, 9.17) is 0 Å². The van der Waals surface area contributed by atoms with Crippen LogP contribution >= 0.6 is 0 Å². The molecule has 6 nitrogen and oxygen atoms in total. The number of benzene rings is 1. The first-order valence-electron chi connectivity index (χ1n) is 8.04. The topological polar surface area (TPSA) is 71.2 Å². The van der Waals surface area contributed by atoms with E-state index in [0.717, 1.165) is 29.3 Å². The minimum atomic E-state index is -0.765. The zero-order valence-electron chi connectivity index (χ0n) is 13.1. The van der Waals surface area contributed by atoms with Crippen LogP contribution in [-0.2, 0) is 24.9 Å². The molecule has 1 saturated carbocycles. The van der Waals surface area contributed by atoms with Gasteiger partial charge in [-0.1, -0.05) is 24.3 Å². The second-order valence-corrected chi connectivity index (χ2v) is 6.57. The van der Waals surface area contributed by atoms with Gasteiger partial charge in [-0.2, -0.15) is 0 Å². The number of rotatable bonds is 4. The Labute approximate surface area is 134 Å². The fourth-order valence-electron chi connectivity index (χ4n) is 3.42. The van der Waals surface area contributed by atoms with Crippen LogP contribution in [0.3, 0.4) is 0 Å². The summed E-state index contributed by atoms with van der Waals surface area (Å²) in [5, 5.41) is 18.2. The van der Waals surface area contributed by atoms with Crippen molar-refractivity contribution in [1.29, 1.82) is 0 Å². The first-order chi connectivity index (χ1) is 11.1. The van der Waals surface area contributed by atoms with E-state index >= 15 is 0 Å². The highest BCUT2D eigenvalue weighted by Crippen LogP contribution is 2.39. The minimum Gasteiger partial charge on any atom is -0.481 e. The van der Waals surface area contributed by atoms with Gasteiger partial charge in [0.25, 0.3) is 0 Å². The lowest BCUT2D eigenvalue weighted by Crippen LogP contribution is -2.37. The molecule has 1 fully saturated rings. The largest absolute Gasteiger partial charge is 0.481 e. The van der Waals surface area contributed by atoms with Crippen LogP contribution in [0.4, 0.5) is 0 Å². The van der Waals surface area contributed by atoms with Crippen LogP contribution in [0.5, 0.6) is 0 Å². The lowest BCUT2D eigenvalue weighted by atomic mass is 9.90. The number of carboxylic acids is 1. The van der Waals surface area contributed by atoms with E-state index in [1.54, 1.807) is 0 Å². The molecule has 120 valence electrons. The number of aliphatic carboxylic acids is 1. The summed E-state index contributed by atoms with van der Waals surface area (Å²) in [6, 6.07) is 7.83. The quantitative estimate of drug-likeness (QED) is 0.933. The molecule has 1 N–H and O–H groups in total. The second kappa shape index (κ2) is 5.45. The summed E-state index contributed by atoms with van der Waals surface area (Å²) in [6.45, 7) is 1.90. The standard InChI is InChI=1S/C17H20N4O2/c1-20-15(18-19-16(20)11-6-7-11)10-21-8-12-4-2-3-5-13(12)14(9-21)17(22)23/h2-5,11,14H,6-10H2,1H3,(H,22,23). The van der Waals surface area contributed by atoms with Crippen LogP contribution in [0.1, 0.15) is 47.5 Å². The Morgan fingerprint density at radius 1 is 1.30 bits per heavy atom. The first kappa shape index (κ1) is 14.4. The Kier molecular flexibility index (Phi) is 3.41. The van der Waals surface area contributed by atoms with E-state index in [1.165, 1.54) is 12.8 Å². The highest BCUT2D eigenvalue weighted by Gasteiger charge is 2.32. The van der Waals surface area contributed by atoms with Crippen molar-refractivity contribution in [3.8, 4) is 0 Å². The van der Waals surface area contributed by atoms with E-state index in [2.05, 4.69) is 19.7 Å². The van der Waals surface area contributed by atoms with Crippen LogP contribution in [0.2, 0.25) is 0 Å². The molecule has 1 aromatic carbocycles. The fourth-order valence-corrected chi connectivity index (χ4v) is 3.42.